The Hall–Kier alpha value is -1.18. The first-order valence-corrected chi connectivity index (χ1v) is 11.4. The van der Waals surface area contributed by atoms with Crippen LogP contribution < -0.4 is 10.6 Å². The second kappa shape index (κ2) is 9.34. The molecule has 0 amide bonds. The van der Waals surface area contributed by atoms with E-state index < -0.39 is 0 Å². The average molecular weight is 394 g/mol. The monoisotopic (exact) mass is 393 g/mol. The second-order valence-corrected chi connectivity index (χ2v) is 8.86. The van der Waals surface area contributed by atoms with Crippen molar-refractivity contribution in [3.8, 4) is 0 Å². The van der Waals surface area contributed by atoms with Crippen LogP contribution in [-0.2, 0) is 15.9 Å². The Morgan fingerprint density at radius 3 is 2.81 bits per heavy atom. The number of thioether (sulfide) groups is 1. The van der Waals surface area contributed by atoms with Crippen molar-refractivity contribution in [2.45, 2.75) is 56.2 Å². The number of furan rings is 1. The van der Waals surface area contributed by atoms with Crippen LogP contribution >= 0.6 is 11.8 Å². The molecule has 2 N–H and O–H groups in total. The summed E-state index contributed by atoms with van der Waals surface area (Å²) >= 11 is 2.02. The number of hydrogen-bond acceptors (Lipinski definition) is 5. The normalized spacial score (nSPS) is 29.9. The highest BCUT2D eigenvalue weighted by molar-refractivity contribution is 7.99. The molecule has 0 radical (unpaired) electrons. The molecule has 3 fully saturated rings. The van der Waals surface area contributed by atoms with E-state index in [4.69, 9.17) is 18.9 Å². The highest BCUT2D eigenvalue weighted by Crippen LogP contribution is 2.38. The Morgan fingerprint density at radius 2 is 2.04 bits per heavy atom. The Morgan fingerprint density at radius 1 is 1.19 bits per heavy atom. The highest BCUT2D eigenvalue weighted by atomic mass is 32.2. The molecule has 2 unspecified atom stereocenters. The van der Waals surface area contributed by atoms with Crippen LogP contribution in [0.2, 0.25) is 0 Å². The minimum absolute atomic E-state index is 0.0819. The van der Waals surface area contributed by atoms with E-state index in [1.807, 2.05) is 23.9 Å². The molecule has 0 aliphatic carbocycles. The van der Waals surface area contributed by atoms with Gasteiger partial charge in [-0.1, -0.05) is 0 Å². The van der Waals surface area contributed by atoms with E-state index in [-0.39, 0.29) is 5.60 Å². The van der Waals surface area contributed by atoms with Gasteiger partial charge in [0, 0.05) is 50.6 Å². The van der Waals surface area contributed by atoms with Crippen molar-refractivity contribution in [2.24, 2.45) is 4.99 Å². The lowest BCUT2D eigenvalue weighted by atomic mass is 9.90. The van der Waals surface area contributed by atoms with Crippen molar-refractivity contribution in [1.82, 2.24) is 10.6 Å². The Kier molecular flexibility index (Phi) is 6.63. The molecule has 6 nitrogen and oxygen atoms in total. The van der Waals surface area contributed by atoms with E-state index in [0.717, 1.165) is 75.9 Å². The van der Waals surface area contributed by atoms with Gasteiger partial charge in [-0.15, -0.1) is 0 Å². The standard InChI is InChI=1S/C20H31N3O3S/c1-2-18(25-9-1)3-8-21-19(22-16-4-10-24-11-5-16)23-17-6-12-26-20(14-17)7-13-27-15-20/h1-2,9,16-17H,3-8,10-15H2,(H2,21,22,23). The average Bonchev–Trinajstić information content (AvgIpc) is 3.35. The fourth-order valence-corrected chi connectivity index (χ4v) is 5.49. The lowest BCUT2D eigenvalue weighted by Gasteiger charge is -2.39. The van der Waals surface area contributed by atoms with Crippen LogP contribution in [0.15, 0.2) is 27.8 Å². The highest BCUT2D eigenvalue weighted by Gasteiger charge is 2.40. The van der Waals surface area contributed by atoms with Crippen molar-refractivity contribution >= 4 is 17.7 Å². The summed E-state index contributed by atoms with van der Waals surface area (Å²) in [5, 5.41) is 7.36. The summed E-state index contributed by atoms with van der Waals surface area (Å²) < 4.78 is 17.1. The zero-order valence-corrected chi connectivity index (χ0v) is 16.8. The van der Waals surface area contributed by atoms with E-state index in [9.17, 15) is 0 Å². The molecule has 1 aromatic heterocycles. The van der Waals surface area contributed by atoms with Crippen molar-refractivity contribution < 1.29 is 13.9 Å². The predicted molar refractivity (Wildman–Crippen MR) is 108 cm³/mol. The van der Waals surface area contributed by atoms with E-state index in [2.05, 4.69) is 10.6 Å². The number of guanidine groups is 1. The maximum atomic E-state index is 6.17. The van der Waals surface area contributed by atoms with Gasteiger partial charge in [-0.05, 0) is 50.0 Å². The lowest BCUT2D eigenvalue weighted by Crippen LogP contribution is -2.53. The molecule has 3 saturated heterocycles. The van der Waals surface area contributed by atoms with Gasteiger partial charge in [-0.25, -0.2) is 0 Å². The van der Waals surface area contributed by atoms with Gasteiger partial charge in [0.05, 0.1) is 11.9 Å². The van der Waals surface area contributed by atoms with Crippen molar-refractivity contribution in [1.29, 1.82) is 0 Å². The van der Waals surface area contributed by atoms with Crippen LogP contribution in [0.25, 0.3) is 0 Å². The molecule has 0 aromatic carbocycles. The fraction of sp³-hybridized carbons (Fsp3) is 0.750. The smallest absolute Gasteiger partial charge is 0.191 e. The summed E-state index contributed by atoms with van der Waals surface area (Å²) in [6.07, 6.45) is 7.90. The molecular weight excluding hydrogens is 362 g/mol. The number of rotatable bonds is 5. The van der Waals surface area contributed by atoms with Crippen molar-refractivity contribution in [2.75, 3.05) is 37.9 Å². The van der Waals surface area contributed by atoms with Gasteiger partial charge in [0.2, 0.25) is 0 Å². The summed E-state index contributed by atoms with van der Waals surface area (Å²) in [5.41, 5.74) is 0.0819. The molecule has 0 bridgehead atoms. The molecule has 7 heteroatoms. The van der Waals surface area contributed by atoms with Gasteiger partial charge >= 0.3 is 0 Å². The molecule has 3 aliphatic rings. The van der Waals surface area contributed by atoms with Crippen LogP contribution in [0.4, 0.5) is 0 Å². The summed E-state index contributed by atoms with van der Waals surface area (Å²) in [7, 11) is 0. The van der Waals surface area contributed by atoms with Crippen LogP contribution in [-0.4, -0.2) is 61.5 Å². The number of nitrogens with one attached hydrogen (secondary N) is 2. The molecule has 150 valence electrons. The molecule has 1 aromatic rings. The maximum Gasteiger partial charge on any atom is 0.191 e. The third-order valence-corrected chi connectivity index (χ3v) is 6.89. The van der Waals surface area contributed by atoms with Crippen LogP contribution in [0.5, 0.6) is 0 Å². The quantitative estimate of drug-likeness (QED) is 0.592. The number of aliphatic imine (C=N–C) groups is 1. The Bertz CT molecular complexity index is 596. The molecule has 1 spiro atoms. The summed E-state index contributed by atoms with van der Waals surface area (Å²) in [5.74, 6) is 4.26. The van der Waals surface area contributed by atoms with E-state index in [1.54, 1.807) is 6.26 Å². The van der Waals surface area contributed by atoms with Gasteiger partial charge in [0.1, 0.15) is 5.76 Å². The SMILES string of the molecule is c1coc(CCN=C(NC2CCOCC2)NC2CCOC3(CCSC3)C2)c1. The summed E-state index contributed by atoms with van der Waals surface area (Å²) in [4.78, 5) is 4.85. The molecule has 3 aliphatic heterocycles. The van der Waals surface area contributed by atoms with Gasteiger partial charge in [0.15, 0.2) is 5.96 Å². The third-order valence-electron chi connectivity index (χ3n) is 5.67. The zero-order valence-electron chi connectivity index (χ0n) is 16.0. The lowest BCUT2D eigenvalue weighted by molar-refractivity contribution is -0.0679. The minimum atomic E-state index is 0.0819. The third kappa shape index (κ3) is 5.42. The topological polar surface area (TPSA) is 68.0 Å². The fourth-order valence-electron chi connectivity index (χ4n) is 4.11. The van der Waals surface area contributed by atoms with Crippen molar-refractivity contribution in [3.63, 3.8) is 0 Å². The van der Waals surface area contributed by atoms with Crippen molar-refractivity contribution in [3.05, 3.63) is 24.2 Å². The molecular formula is C20H31N3O3S. The van der Waals surface area contributed by atoms with Crippen LogP contribution in [0.1, 0.15) is 37.9 Å². The predicted octanol–water partition coefficient (Wildman–Crippen LogP) is 2.59. The van der Waals surface area contributed by atoms with E-state index in [1.165, 1.54) is 12.2 Å². The summed E-state index contributed by atoms with van der Waals surface area (Å²) in [6, 6.07) is 4.80. The minimum Gasteiger partial charge on any atom is -0.469 e. The molecule has 2 atom stereocenters. The molecule has 27 heavy (non-hydrogen) atoms. The number of hydrogen-bond donors (Lipinski definition) is 2. The van der Waals surface area contributed by atoms with E-state index in [0.29, 0.717) is 12.1 Å². The first-order valence-electron chi connectivity index (χ1n) is 10.2. The van der Waals surface area contributed by atoms with Gasteiger partial charge in [-0.2, -0.15) is 11.8 Å². The largest absolute Gasteiger partial charge is 0.469 e. The Balaban J connectivity index is 1.36. The first kappa shape index (κ1) is 19.2. The van der Waals surface area contributed by atoms with Gasteiger partial charge in [-0.3, -0.25) is 4.99 Å². The zero-order chi connectivity index (χ0) is 18.4. The number of ether oxygens (including phenoxy) is 2. The molecule has 4 rings (SSSR count). The summed E-state index contributed by atoms with van der Waals surface area (Å²) in [6.45, 7) is 3.22. The first-order chi connectivity index (χ1) is 13.3. The second-order valence-electron chi connectivity index (χ2n) is 7.76. The van der Waals surface area contributed by atoms with Crippen LogP contribution in [0, 0.1) is 0 Å². The van der Waals surface area contributed by atoms with Gasteiger partial charge < -0.3 is 24.5 Å². The molecule has 0 saturated carbocycles. The number of nitrogens with zero attached hydrogens (tertiary/aromatic N) is 1. The molecule has 4 heterocycles. The van der Waals surface area contributed by atoms with Crippen LogP contribution in [0.3, 0.4) is 0 Å². The Labute approximate surface area is 165 Å². The van der Waals surface area contributed by atoms with Gasteiger partial charge in [0.25, 0.3) is 0 Å². The van der Waals surface area contributed by atoms with E-state index >= 15 is 0 Å². The maximum absolute atomic E-state index is 6.17.